The van der Waals surface area contributed by atoms with Gasteiger partial charge in [0.2, 0.25) is 0 Å². The first kappa shape index (κ1) is 13.7. The summed E-state index contributed by atoms with van der Waals surface area (Å²) in [7, 11) is 0. The molecule has 1 aliphatic heterocycles. The van der Waals surface area contributed by atoms with Crippen LogP contribution in [0.25, 0.3) is 0 Å². The Hall–Kier alpha value is -0.380. The lowest BCUT2D eigenvalue weighted by molar-refractivity contribution is 0.414. The van der Waals surface area contributed by atoms with E-state index in [-0.39, 0.29) is 0 Å². The fourth-order valence-electron chi connectivity index (χ4n) is 2.24. The maximum Gasteiger partial charge on any atom is 0.188 e. The number of nitrogens with two attached hydrogens (primary N) is 1. The predicted molar refractivity (Wildman–Crippen MR) is 74.0 cm³/mol. The van der Waals surface area contributed by atoms with Crippen molar-refractivity contribution in [2.45, 2.75) is 50.8 Å². The molecular weight excluding hydrogens is 218 g/mol. The smallest absolute Gasteiger partial charge is 0.188 e. The molecule has 0 bridgehead atoms. The molecule has 0 radical (unpaired) electrons. The third kappa shape index (κ3) is 4.24. The molecule has 0 aromatic carbocycles. The molecule has 3 N–H and O–H groups in total. The van der Waals surface area contributed by atoms with Gasteiger partial charge in [0.15, 0.2) is 5.96 Å². The Bertz CT molecular complexity index is 230. The van der Waals surface area contributed by atoms with Crippen molar-refractivity contribution >= 4 is 17.7 Å². The molecule has 1 heterocycles. The molecule has 16 heavy (non-hydrogen) atoms. The zero-order valence-electron chi connectivity index (χ0n) is 10.7. The summed E-state index contributed by atoms with van der Waals surface area (Å²) in [5.74, 6) is 1.45. The molecule has 0 saturated heterocycles. The van der Waals surface area contributed by atoms with E-state index in [1.54, 1.807) is 0 Å². The lowest BCUT2D eigenvalue weighted by atomic mass is 9.96. The summed E-state index contributed by atoms with van der Waals surface area (Å²) in [6.07, 6.45) is 7.28. The molecule has 0 saturated carbocycles. The Morgan fingerprint density at radius 1 is 1.56 bits per heavy atom. The van der Waals surface area contributed by atoms with E-state index >= 15 is 0 Å². The highest BCUT2D eigenvalue weighted by Gasteiger charge is 2.24. The molecule has 1 aliphatic rings. The molecule has 0 fully saturated rings. The monoisotopic (exact) mass is 243 g/mol. The summed E-state index contributed by atoms with van der Waals surface area (Å²) < 4.78 is 0. The summed E-state index contributed by atoms with van der Waals surface area (Å²) >= 11 is 1.90. The van der Waals surface area contributed by atoms with Crippen LogP contribution in [0.4, 0.5) is 0 Å². The topological polar surface area (TPSA) is 50.4 Å². The molecule has 94 valence electrons. The molecule has 0 amide bonds. The van der Waals surface area contributed by atoms with Gasteiger partial charge < -0.3 is 11.1 Å². The summed E-state index contributed by atoms with van der Waals surface area (Å²) in [6, 6.07) is 0.506. The number of nitrogens with zero attached hydrogens (tertiary/aromatic N) is 1. The number of aliphatic imine (C=N–C) groups is 1. The van der Waals surface area contributed by atoms with Gasteiger partial charge in [-0.05, 0) is 25.0 Å². The van der Waals surface area contributed by atoms with Crippen molar-refractivity contribution in [2.75, 3.05) is 12.8 Å². The second kappa shape index (κ2) is 7.05. The fourth-order valence-corrected chi connectivity index (χ4v) is 3.00. The van der Waals surface area contributed by atoms with Crippen molar-refractivity contribution in [2.24, 2.45) is 16.6 Å². The minimum Gasteiger partial charge on any atom is -0.370 e. The van der Waals surface area contributed by atoms with Crippen LogP contribution in [-0.4, -0.2) is 30.1 Å². The number of nitrogens with one attached hydrogen (secondary N) is 1. The van der Waals surface area contributed by atoms with Gasteiger partial charge >= 0.3 is 0 Å². The Morgan fingerprint density at radius 3 is 2.94 bits per heavy atom. The zero-order chi connectivity index (χ0) is 12.0. The number of hydrogen-bond donors (Lipinski definition) is 2. The molecule has 3 unspecified atom stereocenters. The van der Waals surface area contributed by atoms with Gasteiger partial charge in [-0.2, -0.15) is 11.8 Å². The molecule has 0 aliphatic carbocycles. The second-order valence-electron chi connectivity index (χ2n) is 4.72. The average molecular weight is 243 g/mol. The molecule has 4 heteroatoms. The highest BCUT2D eigenvalue weighted by atomic mass is 32.2. The van der Waals surface area contributed by atoms with Crippen LogP contribution in [0.15, 0.2) is 4.99 Å². The van der Waals surface area contributed by atoms with E-state index in [0.29, 0.717) is 17.3 Å². The van der Waals surface area contributed by atoms with Crippen molar-refractivity contribution in [1.29, 1.82) is 0 Å². The van der Waals surface area contributed by atoms with Gasteiger partial charge in [0.25, 0.3) is 0 Å². The van der Waals surface area contributed by atoms with Crippen molar-refractivity contribution in [3.63, 3.8) is 0 Å². The summed E-state index contributed by atoms with van der Waals surface area (Å²) in [5, 5.41) is 3.91. The lowest BCUT2D eigenvalue weighted by Crippen LogP contribution is -2.50. The normalized spacial score (nSPS) is 27.1. The van der Waals surface area contributed by atoms with Gasteiger partial charge in [-0.15, -0.1) is 0 Å². The van der Waals surface area contributed by atoms with E-state index in [2.05, 4.69) is 30.4 Å². The first-order chi connectivity index (χ1) is 7.67. The Kier molecular flexibility index (Phi) is 6.03. The van der Waals surface area contributed by atoms with Crippen LogP contribution in [0.3, 0.4) is 0 Å². The van der Waals surface area contributed by atoms with E-state index in [4.69, 9.17) is 5.73 Å². The van der Waals surface area contributed by atoms with Gasteiger partial charge in [0, 0.05) is 11.3 Å². The maximum absolute atomic E-state index is 5.74. The first-order valence-corrected chi connectivity index (χ1v) is 7.55. The van der Waals surface area contributed by atoms with E-state index in [0.717, 1.165) is 12.5 Å². The van der Waals surface area contributed by atoms with Gasteiger partial charge in [0.05, 0.1) is 6.54 Å². The molecular formula is C12H25N3S. The maximum atomic E-state index is 5.74. The standard InChI is InChI=1S/C12H25N3S/c1-4-5-9(2)6-7-10-11(16-3)8-14-12(13)15-10/h9-11H,4-8H2,1-3H3,(H3,13,14,15). The SMILES string of the molecule is CCCC(C)CCC1NC(N)=NCC1SC. The summed E-state index contributed by atoms with van der Waals surface area (Å²) in [4.78, 5) is 4.26. The summed E-state index contributed by atoms with van der Waals surface area (Å²) in [5.41, 5.74) is 5.74. The number of guanidine groups is 1. The largest absolute Gasteiger partial charge is 0.370 e. The van der Waals surface area contributed by atoms with Crippen molar-refractivity contribution in [3.05, 3.63) is 0 Å². The van der Waals surface area contributed by atoms with Crippen molar-refractivity contribution < 1.29 is 0 Å². The molecule has 3 nitrogen and oxygen atoms in total. The molecule has 0 aromatic heterocycles. The van der Waals surface area contributed by atoms with Gasteiger partial charge in [0.1, 0.15) is 0 Å². The van der Waals surface area contributed by atoms with Crippen LogP contribution in [0, 0.1) is 5.92 Å². The number of hydrogen-bond acceptors (Lipinski definition) is 4. The third-order valence-electron chi connectivity index (χ3n) is 3.28. The summed E-state index contributed by atoms with van der Waals surface area (Å²) in [6.45, 7) is 5.47. The minimum atomic E-state index is 0.506. The van der Waals surface area contributed by atoms with Crippen LogP contribution in [0.1, 0.15) is 39.5 Å². The quantitative estimate of drug-likeness (QED) is 0.752. The Morgan fingerprint density at radius 2 is 2.31 bits per heavy atom. The van der Waals surface area contributed by atoms with Crippen LogP contribution >= 0.6 is 11.8 Å². The zero-order valence-corrected chi connectivity index (χ0v) is 11.5. The van der Waals surface area contributed by atoms with Crippen molar-refractivity contribution in [3.8, 4) is 0 Å². The molecule has 1 rings (SSSR count). The fraction of sp³-hybridized carbons (Fsp3) is 0.917. The lowest BCUT2D eigenvalue weighted by Gasteiger charge is -2.30. The van der Waals surface area contributed by atoms with Crippen LogP contribution in [0.2, 0.25) is 0 Å². The average Bonchev–Trinajstić information content (AvgIpc) is 2.27. The highest BCUT2D eigenvalue weighted by molar-refractivity contribution is 7.99. The van der Waals surface area contributed by atoms with Gasteiger partial charge in [-0.3, -0.25) is 4.99 Å². The molecule has 0 aromatic rings. The molecule has 0 spiro atoms. The van der Waals surface area contributed by atoms with E-state index in [9.17, 15) is 0 Å². The van der Waals surface area contributed by atoms with Crippen LogP contribution in [0.5, 0.6) is 0 Å². The van der Waals surface area contributed by atoms with E-state index in [1.807, 2.05) is 11.8 Å². The van der Waals surface area contributed by atoms with Crippen molar-refractivity contribution in [1.82, 2.24) is 5.32 Å². The predicted octanol–water partition coefficient (Wildman–Crippen LogP) is 2.22. The van der Waals surface area contributed by atoms with E-state index in [1.165, 1.54) is 25.7 Å². The third-order valence-corrected chi connectivity index (χ3v) is 4.36. The van der Waals surface area contributed by atoms with Gasteiger partial charge in [-0.1, -0.05) is 26.7 Å². The van der Waals surface area contributed by atoms with Gasteiger partial charge in [-0.25, -0.2) is 0 Å². The number of rotatable bonds is 6. The Labute approximate surface area is 104 Å². The van der Waals surface area contributed by atoms with Crippen LogP contribution in [-0.2, 0) is 0 Å². The molecule has 3 atom stereocenters. The second-order valence-corrected chi connectivity index (χ2v) is 5.80. The number of thioether (sulfide) groups is 1. The van der Waals surface area contributed by atoms with E-state index < -0.39 is 0 Å². The Balaban J connectivity index is 2.36. The van der Waals surface area contributed by atoms with Crippen LogP contribution < -0.4 is 11.1 Å². The highest BCUT2D eigenvalue weighted by Crippen LogP contribution is 2.21. The minimum absolute atomic E-state index is 0.506. The first-order valence-electron chi connectivity index (χ1n) is 6.26.